The van der Waals surface area contributed by atoms with Crippen LogP contribution in [0.4, 0.5) is 4.39 Å². The van der Waals surface area contributed by atoms with Gasteiger partial charge in [0.15, 0.2) is 0 Å². The lowest BCUT2D eigenvalue weighted by Crippen LogP contribution is -2.42. The van der Waals surface area contributed by atoms with Gasteiger partial charge in [-0.2, -0.15) is 0 Å². The number of nitrogens with zero attached hydrogens (tertiary/aromatic N) is 2. The molecule has 1 amide bonds. The Morgan fingerprint density at radius 3 is 2.63 bits per heavy atom. The minimum atomic E-state index is -0.816. The van der Waals surface area contributed by atoms with Crippen LogP contribution in [0.1, 0.15) is 32.1 Å². The van der Waals surface area contributed by atoms with E-state index in [0.717, 1.165) is 13.0 Å². The second-order valence-electron chi connectivity index (χ2n) is 6.12. The molecule has 3 heterocycles. The number of rotatable bonds is 2. The zero-order valence-corrected chi connectivity index (χ0v) is 11.5. The van der Waals surface area contributed by atoms with Gasteiger partial charge in [-0.25, -0.2) is 4.39 Å². The summed E-state index contributed by atoms with van der Waals surface area (Å²) in [6.07, 6.45) is 4.49. The largest absolute Gasteiger partial charge is 0.338 e. The summed E-state index contributed by atoms with van der Waals surface area (Å²) in [5.74, 6) is 0.111. The molecule has 3 aliphatic heterocycles. The maximum absolute atomic E-state index is 13.2. The summed E-state index contributed by atoms with van der Waals surface area (Å²) in [5, 5.41) is 3.34. The first-order chi connectivity index (χ1) is 9.24. The standard InChI is InChI=1S/C14H24FN3O/c15-11-4-7-18(10-11)14(19)13-8-12(9-16-13)17-5-2-1-3-6-17/h11-13,16H,1-10H2/t11?,12-,13-/m0/s1. The van der Waals surface area contributed by atoms with Crippen LogP contribution in [-0.4, -0.2) is 66.7 Å². The Bertz CT molecular complexity index is 333. The fourth-order valence-corrected chi connectivity index (χ4v) is 3.61. The first-order valence-electron chi connectivity index (χ1n) is 7.64. The van der Waals surface area contributed by atoms with Crippen LogP contribution in [-0.2, 0) is 4.79 Å². The Morgan fingerprint density at radius 2 is 1.95 bits per heavy atom. The zero-order chi connectivity index (χ0) is 13.2. The quantitative estimate of drug-likeness (QED) is 0.804. The van der Waals surface area contributed by atoms with Crippen LogP contribution in [0.3, 0.4) is 0 Å². The van der Waals surface area contributed by atoms with Crippen LogP contribution in [0.15, 0.2) is 0 Å². The summed E-state index contributed by atoms with van der Waals surface area (Å²) in [6, 6.07) is 0.412. The zero-order valence-electron chi connectivity index (χ0n) is 11.5. The number of amides is 1. The van der Waals surface area contributed by atoms with Crippen molar-refractivity contribution in [3.63, 3.8) is 0 Å². The van der Waals surface area contributed by atoms with Gasteiger partial charge in [0.25, 0.3) is 0 Å². The van der Waals surface area contributed by atoms with Gasteiger partial charge in [0.05, 0.1) is 12.6 Å². The SMILES string of the molecule is O=C([C@@H]1C[C@H](N2CCCCC2)CN1)N1CCC(F)C1. The molecule has 19 heavy (non-hydrogen) atoms. The molecule has 0 bridgehead atoms. The normalized spacial score (nSPS) is 36.9. The molecule has 0 aliphatic carbocycles. The Morgan fingerprint density at radius 1 is 1.16 bits per heavy atom. The van der Waals surface area contributed by atoms with E-state index in [0.29, 0.717) is 25.6 Å². The van der Waals surface area contributed by atoms with E-state index in [9.17, 15) is 9.18 Å². The predicted molar refractivity (Wildman–Crippen MR) is 71.7 cm³/mol. The van der Waals surface area contributed by atoms with E-state index in [1.165, 1.54) is 32.4 Å². The molecular weight excluding hydrogens is 245 g/mol. The molecule has 3 rings (SSSR count). The molecule has 3 fully saturated rings. The highest BCUT2D eigenvalue weighted by Crippen LogP contribution is 2.21. The number of alkyl halides is 1. The summed E-state index contributed by atoms with van der Waals surface area (Å²) in [7, 11) is 0. The number of carbonyl (C=O) groups is 1. The average Bonchev–Trinajstić information content (AvgIpc) is 3.08. The molecule has 5 heteroatoms. The van der Waals surface area contributed by atoms with Gasteiger partial charge < -0.3 is 10.2 Å². The highest BCUT2D eigenvalue weighted by molar-refractivity contribution is 5.82. The van der Waals surface area contributed by atoms with Gasteiger partial charge in [0, 0.05) is 19.1 Å². The van der Waals surface area contributed by atoms with Crippen molar-refractivity contribution in [2.24, 2.45) is 0 Å². The first kappa shape index (κ1) is 13.3. The molecule has 0 saturated carbocycles. The van der Waals surface area contributed by atoms with Gasteiger partial charge in [-0.15, -0.1) is 0 Å². The van der Waals surface area contributed by atoms with Crippen LogP contribution < -0.4 is 5.32 Å². The van der Waals surface area contributed by atoms with Crippen LogP contribution in [0.5, 0.6) is 0 Å². The predicted octanol–water partition coefficient (Wildman–Crippen LogP) is 0.773. The van der Waals surface area contributed by atoms with Crippen molar-refractivity contribution in [2.75, 3.05) is 32.7 Å². The van der Waals surface area contributed by atoms with E-state index in [1.54, 1.807) is 4.90 Å². The van der Waals surface area contributed by atoms with Gasteiger partial charge in [-0.1, -0.05) is 6.42 Å². The number of likely N-dealkylation sites (tertiary alicyclic amines) is 2. The molecule has 3 saturated heterocycles. The van der Waals surface area contributed by atoms with Gasteiger partial charge in [0.2, 0.25) is 5.91 Å². The van der Waals surface area contributed by atoms with Crippen molar-refractivity contribution >= 4 is 5.91 Å². The van der Waals surface area contributed by atoms with E-state index >= 15 is 0 Å². The van der Waals surface area contributed by atoms with Crippen LogP contribution in [0.2, 0.25) is 0 Å². The molecule has 3 aliphatic rings. The second-order valence-corrected chi connectivity index (χ2v) is 6.12. The molecule has 0 aromatic carbocycles. The van der Waals surface area contributed by atoms with Gasteiger partial charge in [-0.3, -0.25) is 9.69 Å². The smallest absolute Gasteiger partial charge is 0.239 e. The lowest BCUT2D eigenvalue weighted by atomic mass is 10.1. The fourth-order valence-electron chi connectivity index (χ4n) is 3.61. The number of hydrogen-bond acceptors (Lipinski definition) is 3. The Labute approximate surface area is 114 Å². The lowest BCUT2D eigenvalue weighted by molar-refractivity contribution is -0.132. The van der Waals surface area contributed by atoms with Gasteiger partial charge in [0.1, 0.15) is 6.17 Å². The Balaban J connectivity index is 1.52. The van der Waals surface area contributed by atoms with Gasteiger partial charge in [-0.05, 0) is 38.8 Å². The summed E-state index contributed by atoms with van der Waals surface area (Å²) in [6.45, 7) is 4.13. The van der Waals surface area contributed by atoms with E-state index in [4.69, 9.17) is 0 Å². The average molecular weight is 269 g/mol. The van der Waals surface area contributed by atoms with Crippen molar-refractivity contribution in [3.05, 3.63) is 0 Å². The summed E-state index contributed by atoms with van der Waals surface area (Å²) in [5.41, 5.74) is 0. The van der Waals surface area contributed by atoms with Crippen LogP contribution in [0, 0.1) is 0 Å². The van der Waals surface area contributed by atoms with Crippen molar-refractivity contribution in [3.8, 4) is 0 Å². The van der Waals surface area contributed by atoms with Crippen molar-refractivity contribution in [2.45, 2.75) is 50.4 Å². The fraction of sp³-hybridized carbons (Fsp3) is 0.929. The minimum absolute atomic E-state index is 0.0859. The molecule has 0 aromatic rings. The molecule has 0 spiro atoms. The monoisotopic (exact) mass is 269 g/mol. The maximum Gasteiger partial charge on any atom is 0.239 e. The third kappa shape index (κ3) is 2.92. The number of piperidine rings is 1. The molecule has 1 N–H and O–H groups in total. The molecule has 3 atom stereocenters. The van der Waals surface area contributed by atoms with Crippen molar-refractivity contribution < 1.29 is 9.18 Å². The minimum Gasteiger partial charge on any atom is -0.338 e. The third-order valence-corrected chi connectivity index (χ3v) is 4.76. The second kappa shape index (κ2) is 5.75. The molecule has 1 unspecified atom stereocenters. The van der Waals surface area contributed by atoms with Gasteiger partial charge >= 0.3 is 0 Å². The Kier molecular flexibility index (Phi) is 4.03. The number of nitrogens with one attached hydrogen (secondary N) is 1. The topological polar surface area (TPSA) is 35.6 Å². The highest BCUT2D eigenvalue weighted by atomic mass is 19.1. The molecular formula is C14H24FN3O. The van der Waals surface area contributed by atoms with Crippen molar-refractivity contribution in [1.82, 2.24) is 15.1 Å². The van der Waals surface area contributed by atoms with E-state index in [-0.39, 0.29) is 11.9 Å². The molecule has 0 radical (unpaired) electrons. The number of carbonyl (C=O) groups excluding carboxylic acids is 1. The lowest BCUT2D eigenvalue weighted by Gasteiger charge is -2.31. The third-order valence-electron chi connectivity index (χ3n) is 4.76. The molecule has 4 nitrogen and oxygen atoms in total. The van der Waals surface area contributed by atoms with E-state index in [2.05, 4.69) is 10.2 Å². The first-order valence-corrected chi connectivity index (χ1v) is 7.64. The summed E-state index contributed by atoms with van der Waals surface area (Å²) < 4.78 is 13.2. The maximum atomic E-state index is 13.2. The highest BCUT2D eigenvalue weighted by Gasteiger charge is 2.37. The summed E-state index contributed by atoms with van der Waals surface area (Å²) >= 11 is 0. The Hall–Kier alpha value is -0.680. The van der Waals surface area contributed by atoms with Crippen molar-refractivity contribution in [1.29, 1.82) is 0 Å². The number of hydrogen-bond donors (Lipinski definition) is 1. The summed E-state index contributed by atoms with van der Waals surface area (Å²) in [4.78, 5) is 16.5. The van der Waals surface area contributed by atoms with Crippen LogP contribution >= 0.6 is 0 Å². The van der Waals surface area contributed by atoms with Crippen LogP contribution in [0.25, 0.3) is 0 Å². The van der Waals surface area contributed by atoms with E-state index in [1.807, 2.05) is 0 Å². The molecule has 0 aromatic heterocycles. The number of halogens is 1. The van der Waals surface area contributed by atoms with E-state index < -0.39 is 6.17 Å². The molecule has 108 valence electrons.